The first-order chi connectivity index (χ1) is 8.08. The highest BCUT2D eigenvalue weighted by atomic mass is 16.5. The van der Waals surface area contributed by atoms with E-state index in [1.54, 1.807) is 6.92 Å². The molecule has 0 saturated carbocycles. The summed E-state index contributed by atoms with van der Waals surface area (Å²) in [4.78, 5) is 11.7. The van der Waals surface area contributed by atoms with Gasteiger partial charge in [0.05, 0.1) is 12.2 Å². The SMILES string of the molecule is C=C(C(=O)OC(C)CO)c1cccc(CC)c1. The molecule has 0 aromatic heterocycles. The number of aliphatic hydroxyl groups is 1. The molecule has 3 heteroatoms. The van der Waals surface area contributed by atoms with Gasteiger partial charge in [-0.2, -0.15) is 0 Å². The van der Waals surface area contributed by atoms with Gasteiger partial charge in [-0.1, -0.05) is 37.8 Å². The molecule has 92 valence electrons. The summed E-state index contributed by atoms with van der Waals surface area (Å²) in [5, 5.41) is 8.81. The maximum absolute atomic E-state index is 11.7. The number of hydrogen-bond acceptors (Lipinski definition) is 3. The maximum Gasteiger partial charge on any atom is 0.338 e. The lowest BCUT2D eigenvalue weighted by atomic mass is 10.0. The number of aryl methyl sites for hydroxylation is 1. The minimum Gasteiger partial charge on any atom is -0.457 e. The Labute approximate surface area is 102 Å². The Bertz CT molecular complexity index is 410. The second-order valence-corrected chi connectivity index (χ2v) is 3.93. The number of aliphatic hydroxyl groups excluding tert-OH is 1. The molecule has 0 heterocycles. The van der Waals surface area contributed by atoms with Crippen LogP contribution in [0.1, 0.15) is 25.0 Å². The molecule has 0 aliphatic rings. The highest BCUT2D eigenvalue weighted by Gasteiger charge is 2.14. The van der Waals surface area contributed by atoms with E-state index in [1.165, 1.54) is 0 Å². The van der Waals surface area contributed by atoms with Gasteiger partial charge in [0.2, 0.25) is 0 Å². The molecule has 0 amide bonds. The van der Waals surface area contributed by atoms with E-state index in [9.17, 15) is 4.79 Å². The van der Waals surface area contributed by atoms with Gasteiger partial charge in [-0.3, -0.25) is 0 Å². The van der Waals surface area contributed by atoms with E-state index in [2.05, 4.69) is 6.58 Å². The first-order valence-electron chi connectivity index (χ1n) is 5.68. The van der Waals surface area contributed by atoms with Crippen LogP contribution < -0.4 is 0 Å². The molecule has 3 nitrogen and oxygen atoms in total. The summed E-state index contributed by atoms with van der Waals surface area (Å²) in [6, 6.07) is 7.64. The van der Waals surface area contributed by atoms with Crippen LogP contribution in [0.2, 0.25) is 0 Å². The first-order valence-corrected chi connectivity index (χ1v) is 5.68. The number of benzene rings is 1. The lowest BCUT2D eigenvalue weighted by Gasteiger charge is -2.12. The van der Waals surface area contributed by atoms with E-state index in [-0.39, 0.29) is 6.61 Å². The Morgan fingerprint density at radius 3 is 2.82 bits per heavy atom. The average molecular weight is 234 g/mol. The molecule has 0 aliphatic heterocycles. The third kappa shape index (κ3) is 3.71. The van der Waals surface area contributed by atoms with Crippen molar-refractivity contribution in [1.29, 1.82) is 0 Å². The van der Waals surface area contributed by atoms with Gasteiger partial charge in [-0.05, 0) is 24.5 Å². The van der Waals surface area contributed by atoms with E-state index >= 15 is 0 Å². The van der Waals surface area contributed by atoms with Crippen molar-refractivity contribution in [3.05, 3.63) is 42.0 Å². The fourth-order valence-corrected chi connectivity index (χ4v) is 1.39. The van der Waals surface area contributed by atoms with Crippen LogP contribution >= 0.6 is 0 Å². The lowest BCUT2D eigenvalue weighted by molar-refractivity contribution is -0.142. The second kappa shape index (κ2) is 6.21. The van der Waals surface area contributed by atoms with Gasteiger partial charge in [0.25, 0.3) is 0 Å². The van der Waals surface area contributed by atoms with Gasteiger partial charge < -0.3 is 9.84 Å². The molecule has 0 radical (unpaired) electrons. The van der Waals surface area contributed by atoms with Crippen molar-refractivity contribution in [2.24, 2.45) is 0 Å². The molecule has 1 aromatic rings. The molecule has 1 N–H and O–H groups in total. The van der Waals surface area contributed by atoms with Crippen LogP contribution in [0, 0.1) is 0 Å². The summed E-state index contributed by atoms with van der Waals surface area (Å²) in [5.74, 6) is -0.486. The van der Waals surface area contributed by atoms with Crippen molar-refractivity contribution in [1.82, 2.24) is 0 Å². The van der Waals surface area contributed by atoms with Crippen molar-refractivity contribution in [3.8, 4) is 0 Å². The minimum atomic E-state index is -0.506. The quantitative estimate of drug-likeness (QED) is 0.627. The fraction of sp³-hybridized carbons (Fsp3) is 0.357. The van der Waals surface area contributed by atoms with Crippen LogP contribution in [0.3, 0.4) is 0 Å². The van der Waals surface area contributed by atoms with Crippen molar-refractivity contribution >= 4 is 11.5 Å². The monoisotopic (exact) mass is 234 g/mol. The molecule has 0 fully saturated rings. The molecule has 0 aliphatic carbocycles. The van der Waals surface area contributed by atoms with Crippen LogP contribution in [0.5, 0.6) is 0 Å². The predicted octanol–water partition coefficient (Wildman–Crippen LogP) is 2.19. The molecule has 1 unspecified atom stereocenters. The predicted molar refractivity (Wildman–Crippen MR) is 67.5 cm³/mol. The van der Waals surface area contributed by atoms with Crippen LogP contribution in [-0.2, 0) is 16.0 Å². The number of esters is 1. The number of hydrogen-bond donors (Lipinski definition) is 1. The molecule has 1 aromatic carbocycles. The molecule has 0 saturated heterocycles. The second-order valence-electron chi connectivity index (χ2n) is 3.93. The van der Waals surface area contributed by atoms with Gasteiger partial charge >= 0.3 is 5.97 Å². The number of carbonyl (C=O) groups is 1. The van der Waals surface area contributed by atoms with Crippen molar-refractivity contribution < 1.29 is 14.6 Å². The van der Waals surface area contributed by atoms with E-state index in [4.69, 9.17) is 9.84 Å². The van der Waals surface area contributed by atoms with E-state index in [0.29, 0.717) is 5.57 Å². The number of ether oxygens (including phenoxy) is 1. The first kappa shape index (κ1) is 13.5. The molecular weight excluding hydrogens is 216 g/mol. The molecule has 0 bridgehead atoms. The third-order valence-electron chi connectivity index (χ3n) is 2.50. The average Bonchev–Trinajstić information content (AvgIpc) is 2.37. The van der Waals surface area contributed by atoms with Gasteiger partial charge in [0.15, 0.2) is 0 Å². The molecule has 1 atom stereocenters. The van der Waals surface area contributed by atoms with Crippen LogP contribution in [0.4, 0.5) is 0 Å². The Balaban J connectivity index is 2.78. The topological polar surface area (TPSA) is 46.5 Å². The zero-order chi connectivity index (χ0) is 12.8. The van der Waals surface area contributed by atoms with Crippen molar-refractivity contribution in [2.45, 2.75) is 26.4 Å². The maximum atomic E-state index is 11.7. The molecular formula is C14H18O3. The van der Waals surface area contributed by atoms with Crippen molar-refractivity contribution in [3.63, 3.8) is 0 Å². The normalized spacial score (nSPS) is 11.9. The standard InChI is InChI=1S/C14H18O3/c1-4-12-6-5-7-13(8-12)11(3)14(16)17-10(2)9-15/h5-8,10,15H,3-4,9H2,1-2H3. The van der Waals surface area contributed by atoms with Gasteiger partial charge in [0.1, 0.15) is 6.10 Å². The van der Waals surface area contributed by atoms with Crippen LogP contribution in [0.15, 0.2) is 30.8 Å². The van der Waals surface area contributed by atoms with Gasteiger partial charge in [-0.15, -0.1) is 0 Å². The van der Waals surface area contributed by atoms with E-state index in [1.807, 2.05) is 31.2 Å². The highest BCUT2D eigenvalue weighted by molar-refractivity contribution is 6.15. The summed E-state index contributed by atoms with van der Waals surface area (Å²) >= 11 is 0. The summed E-state index contributed by atoms with van der Waals surface area (Å²) in [6.45, 7) is 7.23. The van der Waals surface area contributed by atoms with Crippen molar-refractivity contribution in [2.75, 3.05) is 6.61 Å². The summed E-state index contributed by atoms with van der Waals surface area (Å²) < 4.78 is 5.00. The third-order valence-corrected chi connectivity index (χ3v) is 2.50. The fourth-order valence-electron chi connectivity index (χ4n) is 1.39. The largest absolute Gasteiger partial charge is 0.457 e. The Morgan fingerprint density at radius 2 is 2.24 bits per heavy atom. The Kier molecular flexibility index (Phi) is 4.91. The minimum absolute atomic E-state index is 0.186. The van der Waals surface area contributed by atoms with E-state index < -0.39 is 12.1 Å². The number of rotatable bonds is 5. The Hall–Kier alpha value is -1.61. The van der Waals surface area contributed by atoms with Gasteiger partial charge in [-0.25, -0.2) is 4.79 Å². The summed E-state index contributed by atoms with van der Waals surface area (Å²) in [6.07, 6.45) is 0.400. The molecule has 1 rings (SSSR count). The summed E-state index contributed by atoms with van der Waals surface area (Å²) in [7, 11) is 0. The van der Waals surface area contributed by atoms with Crippen LogP contribution in [-0.4, -0.2) is 23.8 Å². The van der Waals surface area contributed by atoms with Crippen LogP contribution in [0.25, 0.3) is 5.57 Å². The van der Waals surface area contributed by atoms with E-state index in [0.717, 1.165) is 17.5 Å². The smallest absolute Gasteiger partial charge is 0.338 e. The number of carbonyl (C=O) groups excluding carboxylic acids is 1. The highest BCUT2D eigenvalue weighted by Crippen LogP contribution is 2.16. The van der Waals surface area contributed by atoms with Gasteiger partial charge in [0, 0.05) is 0 Å². The lowest BCUT2D eigenvalue weighted by Crippen LogP contribution is -2.18. The molecule has 0 spiro atoms. The summed E-state index contributed by atoms with van der Waals surface area (Å²) in [5.41, 5.74) is 2.23. The molecule has 17 heavy (non-hydrogen) atoms. The Morgan fingerprint density at radius 1 is 1.53 bits per heavy atom. The zero-order valence-corrected chi connectivity index (χ0v) is 10.3. The zero-order valence-electron chi connectivity index (χ0n) is 10.3.